The highest BCUT2D eigenvalue weighted by molar-refractivity contribution is 7.94. The van der Waals surface area contributed by atoms with Gasteiger partial charge in [0.05, 0.1) is 5.69 Å². The molecule has 102 valence electrons. The molecule has 0 atom stereocenters. The van der Waals surface area contributed by atoms with Gasteiger partial charge in [-0.25, -0.2) is 8.42 Å². The van der Waals surface area contributed by atoms with Crippen LogP contribution in [-0.4, -0.2) is 20.4 Å². The second-order valence-corrected chi connectivity index (χ2v) is 6.92. The van der Waals surface area contributed by atoms with Gasteiger partial charge in [-0.2, -0.15) is 0 Å². The predicted octanol–water partition coefficient (Wildman–Crippen LogP) is 1.97. The highest BCUT2D eigenvalue weighted by Gasteiger charge is 2.17. The third-order valence-corrected chi connectivity index (χ3v) is 5.39. The number of hydrogen-bond donors (Lipinski definition) is 2. The number of nitrogens with one attached hydrogen (secondary N) is 2. The van der Waals surface area contributed by atoms with Crippen LogP contribution < -0.4 is 10.0 Å². The third kappa shape index (κ3) is 3.31. The Hall–Kier alpha value is -1.44. The molecule has 0 saturated carbocycles. The summed E-state index contributed by atoms with van der Waals surface area (Å²) in [5, 5.41) is 4.83. The molecule has 0 radical (unpaired) electrons. The van der Waals surface area contributed by atoms with Crippen molar-refractivity contribution < 1.29 is 8.42 Å². The molecule has 2 N–H and O–H groups in total. The van der Waals surface area contributed by atoms with E-state index in [2.05, 4.69) is 15.0 Å². The minimum absolute atomic E-state index is 0.314. The Kier molecular flexibility index (Phi) is 4.18. The van der Waals surface area contributed by atoms with Crippen molar-refractivity contribution in [1.82, 2.24) is 10.3 Å². The second-order valence-electron chi connectivity index (χ2n) is 4.10. The van der Waals surface area contributed by atoms with Gasteiger partial charge in [-0.05, 0) is 42.6 Å². The van der Waals surface area contributed by atoms with Crippen LogP contribution in [0.5, 0.6) is 0 Å². The van der Waals surface area contributed by atoms with E-state index in [-0.39, 0.29) is 0 Å². The number of aromatic nitrogens is 1. The summed E-state index contributed by atoms with van der Waals surface area (Å²) in [6, 6.07) is 3.33. The van der Waals surface area contributed by atoms with Crippen LogP contribution in [0.3, 0.4) is 0 Å². The molecule has 0 saturated heterocycles. The number of pyridine rings is 1. The molecule has 0 aliphatic carbocycles. The molecule has 2 aromatic heterocycles. The van der Waals surface area contributed by atoms with E-state index in [1.807, 2.05) is 19.4 Å². The van der Waals surface area contributed by atoms with Crippen LogP contribution in [0.25, 0.3) is 0 Å². The number of aryl methyl sites for hydroxylation is 1. The monoisotopic (exact) mass is 297 g/mol. The molecule has 5 nitrogen and oxygen atoms in total. The first-order chi connectivity index (χ1) is 9.03. The number of thiophene rings is 1. The molecule has 0 aliphatic heterocycles. The fraction of sp³-hybridized carbons (Fsp3) is 0.250. The number of rotatable bonds is 5. The van der Waals surface area contributed by atoms with E-state index in [0.717, 1.165) is 11.1 Å². The van der Waals surface area contributed by atoms with Crippen molar-refractivity contribution >= 4 is 27.0 Å². The molecular weight excluding hydrogens is 282 g/mol. The molecule has 0 aliphatic rings. The average molecular weight is 297 g/mol. The molecule has 0 bridgehead atoms. The van der Waals surface area contributed by atoms with Gasteiger partial charge in [0.1, 0.15) is 4.21 Å². The summed E-state index contributed by atoms with van der Waals surface area (Å²) in [7, 11) is -1.70. The Labute approximate surface area is 116 Å². The Bertz CT molecular complexity index is 665. The maximum Gasteiger partial charge on any atom is 0.271 e. The van der Waals surface area contributed by atoms with E-state index in [1.54, 1.807) is 24.5 Å². The van der Waals surface area contributed by atoms with Gasteiger partial charge >= 0.3 is 0 Å². The largest absolute Gasteiger partial charge is 0.316 e. The highest BCUT2D eigenvalue weighted by Crippen LogP contribution is 2.24. The molecule has 0 amide bonds. The van der Waals surface area contributed by atoms with Crippen LogP contribution in [0.4, 0.5) is 5.69 Å². The van der Waals surface area contributed by atoms with E-state index >= 15 is 0 Å². The molecule has 2 heterocycles. The Morgan fingerprint density at radius 1 is 1.42 bits per heavy atom. The minimum Gasteiger partial charge on any atom is -0.316 e. The predicted molar refractivity (Wildman–Crippen MR) is 76.9 cm³/mol. The molecule has 2 aromatic rings. The lowest BCUT2D eigenvalue weighted by Gasteiger charge is -2.08. The maximum atomic E-state index is 12.2. The van der Waals surface area contributed by atoms with Crippen LogP contribution in [0, 0.1) is 6.92 Å². The van der Waals surface area contributed by atoms with Crippen molar-refractivity contribution in [2.45, 2.75) is 17.7 Å². The van der Waals surface area contributed by atoms with E-state index in [0.29, 0.717) is 16.4 Å². The number of nitrogens with zero attached hydrogens (tertiary/aromatic N) is 1. The van der Waals surface area contributed by atoms with Crippen molar-refractivity contribution in [2.75, 3.05) is 11.8 Å². The van der Waals surface area contributed by atoms with Gasteiger partial charge in [0, 0.05) is 18.9 Å². The van der Waals surface area contributed by atoms with E-state index in [9.17, 15) is 8.42 Å². The molecule has 2 rings (SSSR count). The van der Waals surface area contributed by atoms with Crippen LogP contribution in [0.15, 0.2) is 34.1 Å². The average Bonchev–Trinajstić information content (AvgIpc) is 2.82. The first-order valence-corrected chi connectivity index (χ1v) is 8.04. The molecule has 0 aromatic carbocycles. The number of anilines is 1. The van der Waals surface area contributed by atoms with Gasteiger partial charge < -0.3 is 5.32 Å². The first-order valence-electron chi connectivity index (χ1n) is 5.68. The van der Waals surface area contributed by atoms with E-state index < -0.39 is 10.0 Å². The summed E-state index contributed by atoms with van der Waals surface area (Å²) in [5.41, 5.74) is 2.30. The topological polar surface area (TPSA) is 71.1 Å². The maximum absolute atomic E-state index is 12.2. The van der Waals surface area contributed by atoms with Gasteiger partial charge in [-0.3, -0.25) is 9.71 Å². The van der Waals surface area contributed by atoms with Crippen LogP contribution in [0.2, 0.25) is 0 Å². The zero-order valence-corrected chi connectivity index (χ0v) is 12.3. The van der Waals surface area contributed by atoms with Gasteiger partial charge in [0.25, 0.3) is 10.0 Å². The minimum atomic E-state index is -3.52. The smallest absolute Gasteiger partial charge is 0.271 e. The summed E-state index contributed by atoms with van der Waals surface area (Å²) < 4.78 is 27.4. The summed E-state index contributed by atoms with van der Waals surface area (Å²) in [4.78, 5) is 3.94. The summed E-state index contributed by atoms with van der Waals surface area (Å²) in [6.45, 7) is 2.46. The van der Waals surface area contributed by atoms with Crippen molar-refractivity contribution in [3.8, 4) is 0 Å². The van der Waals surface area contributed by atoms with Crippen LogP contribution >= 0.6 is 11.3 Å². The first kappa shape index (κ1) is 14.0. The van der Waals surface area contributed by atoms with Crippen molar-refractivity contribution in [2.24, 2.45) is 0 Å². The SMILES string of the molecule is CNCc1csc(S(=O)(=O)Nc2ccncc2C)c1. The molecule has 0 spiro atoms. The fourth-order valence-corrected chi connectivity index (χ4v) is 3.91. The molecule has 0 fully saturated rings. The zero-order valence-electron chi connectivity index (χ0n) is 10.7. The van der Waals surface area contributed by atoms with Crippen molar-refractivity contribution in [3.63, 3.8) is 0 Å². The Morgan fingerprint density at radius 2 is 2.21 bits per heavy atom. The summed E-state index contributed by atoms with van der Waals surface area (Å²) >= 11 is 1.22. The molecule has 0 unspecified atom stereocenters. The number of hydrogen-bond acceptors (Lipinski definition) is 5. The highest BCUT2D eigenvalue weighted by atomic mass is 32.2. The standard InChI is InChI=1S/C12H15N3O2S2/c1-9-6-14-4-3-11(9)15-19(16,17)12-5-10(7-13-2)8-18-12/h3-6,8,13H,7H2,1-2H3,(H,14,15). The summed E-state index contributed by atoms with van der Waals surface area (Å²) in [6.07, 6.45) is 3.18. The van der Waals surface area contributed by atoms with Gasteiger partial charge in [0.15, 0.2) is 0 Å². The van der Waals surface area contributed by atoms with Crippen molar-refractivity contribution in [3.05, 3.63) is 41.0 Å². The molecule has 7 heteroatoms. The van der Waals surface area contributed by atoms with Crippen molar-refractivity contribution in [1.29, 1.82) is 0 Å². The quantitative estimate of drug-likeness (QED) is 0.885. The van der Waals surface area contributed by atoms with Gasteiger partial charge in [-0.1, -0.05) is 0 Å². The van der Waals surface area contributed by atoms with E-state index in [4.69, 9.17) is 0 Å². The lowest BCUT2D eigenvalue weighted by molar-refractivity contribution is 0.603. The lowest BCUT2D eigenvalue weighted by atomic mass is 10.3. The van der Waals surface area contributed by atoms with Crippen LogP contribution in [-0.2, 0) is 16.6 Å². The fourth-order valence-electron chi connectivity index (χ4n) is 1.57. The Morgan fingerprint density at radius 3 is 2.89 bits per heavy atom. The summed E-state index contributed by atoms with van der Waals surface area (Å²) in [5.74, 6) is 0. The lowest BCUT2D eigenvalue weighted by Crippen LogP contribution is -2.12. The number of sulfonamides is 1. The zero-order chi connectivity index (χ0) is 13.9. The second kappa shape index (κ2) is 5.68. The molecule has 19 heavy (non-hydrogen) atoms. The third-order valence-electron chi connectivity index (χ3n) is 2.54. The van der Waals surface area contributed by atoms with Gasteiger partial charge in [0.2, 0.25) is 0 Å². The van der Waals surface area contributed by atoms with Gasteiger partial charge in [-0.15, -0.1) is 11.3 Å². The normalized spacial score (nSPS) is 11.5. The van der Waals surface area contributed by atoms with E-state index in [1.165, 1.54) is 11.3 Å². The van der Waals surface area contributed by atoms with Crippen LogP contribution in [0.1, 0.15) is 11.1 Å². The Balaban J connectivity index is 2.25. The molecular formula is C12H15N3O2S2.